The summed E-state index contributed by atoms with van der Waals surface area (Å²) in [7, 11) is -9.23. The highest BCUT2D eigenvalue weighted by Crippen LogP contribution is 2.78. The average molecular weight is 703 g/mol. The molecular formula is C38H72O7P2. The molecule has 0 bridgehead atoms. The van der Waals surface area contributed by atoms with Crippen molar-refractivity contribution in [3.8, 4) is 0 Å². The Bertz CT molecular complexity index is 1280. The van der Waals surface area contributed by atoms with Gasteiger partial charge in [0.1, 0.15) is 0 Å². The van der Waals surface area contributed by atoms with Crippen molar-refractivity contribution in [2.75, 3.05) is 0 Å². The molecule has 1 rings (SSSR count). The molecular weight excluding hydrogens is 630 g/mol. The Morgan fingerprint density at radius 3 is 1.32 bits per heavy atom. The second kappa shape index (κ2) is 13.9. The van der Waals surface area contributed by atoms with Gasteiger partial charge in [-0.1, -0.05) is 113 Å². The summed E-state index contributed by atoms with van der Waals surface area (Å²) in [6.07, 6.45) is 3.17. The standard InChI is InChI=1S/C38H72O7P2/c1-17-30(4,5)25-37(19-3,29-23-21-20-22-24-29)38(31(6,7)26-34(12,13)39,32(8,9)27-35(14,15)46(40,41)42)33(10,11)28-36(16,18-2)47(43,44)45/h20-24,39H,17-19,25-28H2,1-16H3,(H2,40,41,42)(H2,43,44,45). The Morgan fingerprint density at radius 2 is 0.979 bits per heavy atom. The topological polar surface area (TPSA) is 135 Å². The van der Waals surface area contributed by atoms with E-state index in [1.54, 1.807) is 34.6 Å². The van der Waals surface area contributed by atoms with Crippen LogP contribution in [0.15, 0.2) is 30.3 Å². The molecule has 5 N–H and O–H groups in total. The summed E-state index contributed by atoms with van der Waals surface area (Å²) in [6.45, 7) is 32.1. The molecule has 0 aliphatic rings. The normalized spacial score (nSPS) is 18.7. The molecule has 0 aliphatic heterocycles. The summed E-state index contributed by atoms with van der Waals surface area (Å²) >= 11 is 0. The molecule has 0 aliphatic carbocycles. The smallest absolute Gasteiger partial charge is 0.331 e. The van der Waals surface area contributed by atoms with E-state index in [2.05, 4.69) is 81.4 Å². The van der Waals surface area contributed by atoms with Gasteiger partial charge in [0.2, 0.25) is 0 Å². The minimum Gasteiger partial charge on any atom is -0.390 e. The molecule has 1 aromatic rings. The zero-order valence-electron chi connectivity index (χ0n) is 32.8. The van der Waals surface area contributed by atoms with Crippen molar-refractivity contribution in [2.24, 2.45) is 27.1 Å². The quantitative estimate of drug-likeness (QED) is 0.0961. The zero-order chi connectivity index (χ0) is 37.6. The van der Waals surface area contributed by atoms with E-state index >= 15 is 0 Å². The van der Waals surface area contributed by atoms with Crippen LogP contribution in [-0.2, 0) is 14.5 Å². The van der Waals surface area contributed by atoms with Crippen molar-refractivity contribution >= 4 is 15.2 Å². The zero-order valence-corrected chi connectivity index (χ0v) is 34.6. The van der Waals surface area contributed by atoms with Crippen molar-refractivity contribution < 1.29 is 33.8 Å². The van der Waals surface area contributed by atoms with Crippen molar-refractivity contribution in [3.63, 3.8) is 0 Å². The SMILES string of the molecule is CCC(C)(C)CC(CC)(c1ccccc1)C(C(C)(C)CC(C)(C)O)(C(C)(C)CC(C)(C)P(=O)(O)O)C(C)(C)CC(C)(CC)P(=O)(O)O. The maximum absolute atomic E-state index is 13.4. The molecule has 9 heteroatoms. The van der Waals surface area contributed by atoms with E-state index < -0.39 is 58.2 Å². The third kappa shape index (κ3) is 8.52. The lowest BCUT2D eigenvalue weighted by Gasteiger charge is -2.74. The van der Waals surface area contributed by atoms with E-state index in [-0.39, 0.29) is 24.7 Å². The van der Waals surface area contributed by atoms with Gasteiger partial charge in [-0.2, -0.15) is 0 Å². The van der Waals surface area contributed by atoms with Gasteiger partial charge in [0, 0.05) is 5.41 Å². The molecule has 7 nitrogen and oxygen atoms in total. The van der Waals surface area contributed by atoms with E-state index in [1.165, 1.54) is 0 Å². The second-order valence-corrected chi connectivity index (χ2v) is 23.5. The maximum Gasteiger partial charge on any atom is 0.331 e. The fourth-order valence-corrected chi connectivity index (χ4v) is 13.1. The van der Waals surface area contributed by atoms with Crippen LogP contribution in [0.25, 0.3) is 0 Å². The van der Waals surface area contributed by atoms with Gasteiger partial charge < -0.3 is 24.7 Å². The summed E-state index contributed by atoms with van der Waals surface area (Å²) in [6, 6.07) is 10.4. The molecule has 0 saturated heterocycles. The fraction of sp³-hybridized carbons (Fsp3) is 0.842. The largest absolute Gasteiger partial charge is 0.390 e. The predicted molar refractivity (Wildman–Crippen MR) is 198 cm³/mol. The van der Waals surface area contributed by atoms with Gasteiger partial charge in [-0.15, -0.1) is 0 Å². The van der Waals surface area contributed by atoms with Crippen LogP contribution >= 0.6 is 15.2 Å². The van der Waals surface area contributed by atoms with E-state index in [1.807, 2.05) is 25.1 Å². The van der Waals surface area contributed by atoms with Crippen LogP contribution in [-0.4, -0.2) is 40.6 Å². The molecule has 0 radical (unpaired) electrons. The third-order valence-corrected chi connectivity index (χ3v) is 15.9. The van der Waals surface area contributed by atoms with Crippen LogP contribution in [0, 0.1) is 27.1 Å². The highest BCUT2D eigenvalue weighted by molar-refractivity contribution is 7.53. The second-order valence-electron chi connectivity index (χ2n) is 19.0. The molecule has 0 spiro atoms. The number of hydrogen-bond acceptors (Lipinski definition) is 3. The van der Waals surface area contributed by atoms with Crippen molar-refractivity contribution in [3.05, 3.63) is 35.9 Å². The highest BCUT2D eigenvalue weighted by atomic mass is 31.2. The van der Waals surface area contributed by atoms with Gasteiger partial charge in [-0.05, 0) is 106 Å². The van der Waals surface area contributed by atoms with Crippen LogP contribution in [0.5, 0.6) is 0 Å². The third-order valence-electron chi connectivity index (χ3n) is 12.3. The molecule has 3 unspecified atom stereocenters. The minimum atomic E-state index is -4.62. The maximum atomic E-state index is 13.4. The minimum absolute atomic E-state index is 0.142. The number of hydrogen-bond donors (Lipinski definition) is 5. The summed E-state index contributed by atoms with van der Waals surface area (Å²) in [5.41, 5.74) is -4.28. The monoisotopic (exact) mass is 702 g/mol. The fourth-order valence-electron chi connectivity index (χ4n) is 11.5. The molecule has 276 valence electrons. The van der Waals surface area contributed by atoms with Gasteiger partial charge in [0.05, 0.1) is 15.9 Å². The number of rotatable bonds is 18. The van der Waals surface area contributed by atoms with Crippen LogP contribution in [0.3, 0.4) is 0 Å². The summed E-state index contributed by atoms with van der Waals surface area (Å²) in [4.78, 5) is 43.4. The number of benzene rings is 1. The lowest BCUT2D eigenvalue weighted by Crippen LogP contribution is -2.70. The van der Waals surface area contributed by atoms with Crippen LogP contribution in [0.4, 0.5) is 0 Å². The van der Waals surface area contributed by atoms with Crippen molar-refractivity contribution in [1.29, 1.82) is 0 Å². The Labute approximate surface area is 288 Å². The average Bonchev–Trinajstić information content (AvgIpc) is 2.84. The Balaban J connectivity index is 4.96. The van der Waals surface area contributed by atoms with Crippen LogP contribution in [0.2, 0.25) is 0 Å². The molecule has 0 saturated carbocycles. The molecule has 1 aromatic carbocycles. The van der Waals surface area contributed by atoms with Crippen molar-refractivity contribution in [2.45, 2.75) is 177 Å². The lowest BCUT2D eigenvalue weighted by atomic mass is 9.30. The first-order valence-electron chi connectivity index (χ1n) is 17.5. The molecule has 0 fully saturated rings. The van der Waals surface area contributed by atoms with Crippen molar-refractivity contribution in [1.82, 2.24) is 0 Å². The molecule has 47 heavy (non-hydrogen) atoms. The van der Waals surface area contributed by atoms with E-state index in [4.69, 9.17) is 0 Å². The number of aliphatic hydroxyl groups is 1. The lowest BCUT2D eigenvalue weighted by molar-refractivity contribution is -0.232. The molecule has 0 amide bonds. The highest BCUT2D eigenvalue weighted by Gasteiger charge is 2.73. The van der Waals surface area contributed by atoms with Crippen LogP contribution < -0.4 is 0 Å². The Hall–Kier alpha value is -0.520. The molecule has 0 heterocycles. The Morgan fingerprint density at radius 1 is 0.553 bits per heavy atom. The Kier molecular flexibility index (Phi) is 13.2. The van der Waals surface area contributed by atoms with E-state index in [0.717, 1.165) is 12.0 Å². The van der Waals surface area contributed by atoms with Gasteiger partial charge in [-0.25, -0.2) is 0 Å². The molecule has 0 aromatic heterocycles. The first-order chi connectivity index (χ1) is 20.6. The summed E-state index contributed by atoms with van der Waals surface area (Å²) in [5, 5.41) is 8.89. The van der Waals surface area contributed by atoms with Crippen LogP contribution in [0.1, 0.15) is 161 Å². The summed E-state index contributed by atoms with van der Waals surface area (Å²) in [5.74, 6) is 0. The predicted octanol–water partition coefficient (Wildman–Crippen LogP) is 10.5. The first kappa shape index (κ1) is 44.5. The van der Waals surface area contributed by atoms with E-state index in [0.29, 0.717) is 19.3 Å². The summed E-state index contributed by atoms with van der Waals surface area (Å²) < 4.78 is 26.6. The van der Waals surface area contributed by atoms with Gasteiger partial charge in [0.25, 0.3) is 0 Å². The molecule has 3 atom stereocenters. The van der Waals surface area contributed by atoms with E-state index in [9.17, 15) is 33.8 Å². The first-order valence-corrected chi connectivity index (χ1v) is 20.7. The van der Waals surface area contributed by atoms with Gasteiger partial charge in [-0.3, -0.25) is 9.13 Å². The van der Waals surface area contributed by atoms with Gasteiger partial charge in [0.15, 0.2) is 0 Å². The van der Waals surface area contributed by atoms with Gasteiger partial charge >= 0.3 is 15.2 Å².